The molecule has 0 aliphatic carbocycles. The monoisotopic (exact) mass is 834 g/mol. The van der Waals surface area contributed by atoms with Crippen molar-refractivity contribution in [2.45, 2.75) is 119 Å². The number of unbranched alkanes of at least 4 members (excludes halogenated alkanes) is 1. The van der Waals surface area contributed by atoms with Gasteiger partial charge in [0.2, 0.25) is 0 Å². The fourth-order valence-electron chi connectivity index (χ4n) is 7.85. The van der Waals surface area contributed by atoms with Crippen LogP contribution in [0.5, 0.6) is 11.5 Å². The number of ether oxygens (including phenoxy) is 1. The average molecular weight is 835 g/mol. The topological polar surface area (TPSA) is 44.9 Å². The Morgan fingerprint density at radius 2 is 1.39 bits per heavy atom. The first-order valence-electron chi connectivity index (χ1n) is 19.8. The van der Waals surface area contributed by atoms with Gasteiger partial charge in [0.1, 0.15) is 5.82 Å². The van der Waals surface area contributed by atoms with E-state index in [9.17, 15) is 0 Å². The molecular formula is C50H56N4OPd. The summed E-state index contributed by atoms with van der Waals surface area (Å²) in [4.78, 5) is 4.85. The van der Waals surface area contributed by atoms with Crippen molar-refractivity contribution >= 4 is 21.8 Å². The maximum absolute atomic E-state index is 6.75. The third-order valence-corrected chi connectivity index (χ3v) is 10.8. The molecule has 7 aromatic rings. The van der Waals surface area contributed by atoms with Crippen LogP contribution in [0.4, 0.5) is 0 Å². The van der Waals surface area contributed by atoms with Crippen LogP contribution in [0.15, 0.2) is 85.1 Å². The molecule has 0 fully saturated rings. The molecule has 0 N–H and O–H groups in total. The van der Waals surface area contributed by atoms with Crippen molar-refractivity contribution in [3.05, 3.63) is 131 Å². The van der Waals surface area contributed by atoms with Gasteiger partial charge in [0, 0.05) is 34.5 Å². The Morgan fingerprint density at radius 3 is 2.05 bits per heavy atom. The Bertz CT molecular complexity index is 2500. The third-order valence-electron chi connectivity index (χ3n) is 10.8. The van der Waals surface area contributed by atoms with Crippen LogP contribution in [0.2, 0.25) is 0 Å². The minimum Gasteiger partial charge on any atom is -0.509 e. The zero-order valence-corrected chi connectivity index (χ0v) is 36.8. The van der Waals surface area contributed by atoms with Crippen LogP contribution < -0.4 is 4.74 Å². The van der Waals surface area contributed by atoms with Gasteiger partial charge in [0.25, 0.3) is 0 Å². The fraction of sp³-hybridized carbons (Fsp3) is 0.360. The average Bonchev–Trinajstić information content (AvgIpc) is 3.61. The molecule has 0 saturated carbocycles. The number of aromatic nitrogens is 4. The van der Waals surface area contributed by atoms with Crippen LogP contribution in [0, 0.1) is 26.0 Å². The van der Waals surface area contributed by atoms with Gasteiger partial charge < -0.3 is 9.30 Å². The summed E-state index contributed by atoms with van der Waals surface area (Å²) in [5, 5.41) is 7.49. The summed E-state index contributed by atoms with van der Waals surface area (Å²) in [5.74, 6) is 2.13. The first-order chi connectivity index (χ1) is 26.0. The number of rotatable bonds is 8. The van der Waals surface area contributed by atoms with E-state index in [-0.39, 0.29) is 36.7 Å². The second-order valence-corrected chi connectivity index (χ2v) is 18.2. The summed E-state index contributed by atoms with van der Waals surface area (Å²) < 4.78 is 11.0. The molecule has 3 heterocycles. The van der Waals surface area contributed by atoms with Crippen molar-refractivity contribution in [2.24, 2.45) is 0 Å². The SMILES string of the molecule is CCCCc1ccnc(-n2c3[c-]c(Oc4[c-]c(-n5nc(C)c(-c6c(C(C)(C)C)cccc6C(C)(C)C)c5C)cc(C(C)(C)C)c4)ccc3c3ccccc32)c1.[Pd+2]. The second-order valence-electron chi connectivity index (χ2n) is 18.2. The Hall–Kier alpha value is -4.50. The predicted molar refractivity (Wildman–Crippen MR) is 230 cm³/mol. The molecule has 6 heteroatoms. The number of pyridine rings is 1. The molecule has 0 amide bonds. The molecule has 0 aliphatic rings. The van der Waals surface area contributed by atoms with Crippen LogP contribution in [-0.4, -0.2) is 19.3 Å². The standard InChI is InChI=1S/C50H56N4O.Pd/c1-13-14-18-34-25-26-51-45(27-34)53-43-22-16-15-19-39(43)40-24-23-37(31-44(40)53)55-38-29-35(48(4,5)6)28-36(30-38)54-33(3)46(32(2)52-54)47-41(49(7,8)9)20-17-21-42(47)50(10,11)12;/h15-17,19-29H,13-14,18H2,1-12H3;/q-2;+2. The Morgan fingerprint density at radius 1 is 0.696 bits per heavy atom. The quantitative estimate of drug-likeness (QED) is 0.113. The van der Waals surface area contributed by atoms with Crippen molar-refractivity contribution in [2.75, 3.05) is 0 Å². The Balaban J connectivity index is 0.00000532. The van der Waals surface area contributed by atoms with Gasteiger partial charge in [-0.1, -0.05) is 118 Å². The number of aryl methyl sites for hydroxylation is 2. The summed E-state index contributed by atoms with van der Waals surface area (Å²) in [6.45, 7) is 27.0. The summed E-state index contributed by atoms with van der Waals surface area (Å²) in [5.41, 5.74) is 12.3. The Labute approximate surface area is 348 Å². The van der Waals surface area contributed by atoms with Gasteiger partial charge in [-0.3, -0.25) is 4.68 Å². The number of benzene rings is 4. The van der Waals surface area contributed by atoms with Crippen molar-refractivity contribution in [1.82, 2.24) is 19.3 Å². The van der Waals surface area contributed by atoms with E-state index >= 15 is 0 Å². The Kier molecular flexibility index (Phi) is 11.4. The van der Waals surface area contributed by atoms with Crippen LogP contribution in [-0.2, 0) is 43.1 Å². The van der Waals surface area contributed by atoms with Gasteiger partial charge in [-0.25, -0.2) is 4.98 Å². The summed E-state index contributed by atoms with van der Waals surface area (Å²) >= 11 is 0. The minimum atomic E-state index is -0.145. The van der Waals surface area contributed by atoms with Gasteiger partial charge in [0.15, 0.2) is 0 Å². The maximum atomic E-state index is 6.75. The molecule has 3 aromatic heterocycles. The van der Waals surface area contributed by atoms with Gasteiger partial charge in [-0.2, -0.15) is 11.2 Å². The normalized spacial score (nSPS) is 12.4. The molecule has 0 bridgehead atoms. The number of nitrogens with zero attached hydrogens (tertiary/aromatic N) is 4. The molecule has 56 heavy (non-hydrogen) atoms. The van der Waals surface area contributed by atoms with Crippen molar-refractivity contribution < 1.29 is 25.2 Å². The van der Waals surface area contributed by atoms with E-state index in [1.807, 2.05) is 12.3 Å². The maximum Gasteiger partial charge on any atom is 2.00 e. The zero-order valence-electron chi connectivity index (χ0n) is 35.2. The molecule has 4 aromatic carbocycles. The summed E-state index contributed by atoms with van der Waals surface area (Å²) in [7, 11) is 0. The van der Waals surface area contributed by atoms with E-state index in [1.165, 1.54) is 27.8 Å². The van der Waals surface area contributed by atoms with E-state index in [0.717, 1.165) is 69.5 Å². The molecular weight excluding hydrogens is 779 g/mol. The van der Waals surface area contributed by atoms with E-state index in [2.05, 4.69) is 177 Å². The number of hydrogen-bond donors (Lipinski definition) is 0. The third kappa shape index (κ3) is 7.89. The molecule has 0 radical (unpaired) electrons. The molecule has 5 nitrogen and oxygen atoms in total. The van der Waals surface area contributed by atoms with Gasteiger partial charge in [0.05, 0.1) is 5.69 Å². The minimum absolute atomic E-state index is 0. The van der Waals surface area contributed by atoms with Crippen LogP contribution in [0.25, 0.3) is 44.4 Å². The van der Waals surface area contributed by atoms with Gasteiger partial charge in [-0.05, 0) is 94.5 Å². The number of hydrogen-bond acceptors (Lipinski definition) is 3. The van der Waals surface area contributed by atoms with E-state index in [4.69, 9.17) is 14.8 Å². The van der Waals surface area contributed by atoms with Gasteiger partial charge in [-0.15, -0.1) is 41.3 Å². The van der Waals surface area contributed by atoms with Crippen LogP contribution in [0.1, 0.15) is 116 Å². The first-order valence-corrected chi connectivity index (χ1v) is 19.8. The molecule has 7 rings (SSSR count). The van der Waals surface area contributed by atoms with E-state index in [0.29, 0.717) is 11.5 Å². The molecule has 292 valence electrons. The molecule has 0 atom stereocenters. The predicted octanol–water partition coefficient (Wildman–Crippen LogP) is 13.3. The van der Waals surface area contributed by atoms with Crippen molar-refractivity contribution in [1.29, 1.82) is 0 Å². The van der Waals surface area contributed by atoms with Crippen LogP contribution in [0.3, 0.4) is 0 Å². The number of fused-ring (bicyclic) bond motifs is 3. The summed E-state index contributed by atoms with van der Waals surface area (Å²) in [6, 6.07) is 35.4. The van der Waals surface area contributed by atoms with Gasteiger partial charge >= 0.3 is 20.4 Å². The molecule has 0 saturated heterocycles. The van der Waals surface area contributed by atoms with Crippen LogP contribution >= 0.6 is 0 Å². The molecule has 0 aliphatic heterocycles. The second kappa shape index (κ2) is 15.4. The number of para-hydroxylation sites is 1. The summed E-state index contributed by atoms with van der Waals surface area (Å²) in [6.07, 6.45) is 5.25. The zero-order chi connectivity index (χ0) is 39.4. The van der Waals surface area contributed by atoms with Crippen molar-refractivity contribution in [3.63, 3.8) is 0 Å². The molecule has 0 spiro atoms. The molecule has 0 unspecified atom stereocenters. The first kappa shape index (κ1) is 41.1. The largest absolute Gasteiger partial charge is 2.00 e. The van der Waals surface area contributed by atoms with E-state index < -0.39 is 0 Å². The van der Waals surface area contributed by atoms with Crippen molar-refractivity contribution in [3.8, 4) is 34.1 Å². The van der Waals surface area contributed by atoms with E-state index in [1.54, 1.807) is 0 Å². The smallest absolute Gasteiger partial charge is 0.509 e. The fourth-order valence-corrected chi connectivity index (χ4v) is 7.85.